The molecule has 1 heterocycles. The average Bonchev–Trinajstić information content (AvgIpc) is 3.34. The molecule has 2 aromatic carbocycles. The molecule has 0 radical (unpaired) electrons. The number of nitriles is 1. The van der Waals surface area contributed by atoms with E-state index in [1.807, 2.05) is 48.5 Å². The van der Waals surface area contributed by atoms with Gasteiger partial charge >= 0.3 is 12.1 Å². The van der Waals surface area contributed by atoms with Crippen LogP contribution in [-0.2, 0) is 16.0 Å². The van der Waals surface area contributed by atoms with Gasteiger partial charge in [-0.1, -0.05) is 53.7 Å². The minimum absolute atomic E-state index is 0.0373. The summed E-state index contributed by atoms with van der Waals surface area (Å²) in [5, 5.41) is 24.0. The number of carboxylic acids is 1. The number of carboxylic acid groups (broad SMARTS) is 1. The van der Waals surface area contributed by atoms with Crippen LogP contribution in [0, 0.1) is 11.3 Å². The molecule has 8 heteroatoms. The normalized spacial score (nSPS) is 13.0. The van der Waals surface area contributed by atoms with Gasteiger partial charge < -0.3 is 19.7 Å². The fourth-order valence-corrected chi connectivity index (χ4v) is 3.65. The number of nitrogens with zero attached hydrogens (tertiary/aromatic N) is 2. The van der Waals surface area contributed by atoms with Gasteiger partial charge in [-0.05, 0) is 22.3 Å². The van der Waals surface area contributed by atoms with Crippen LogP contribution in [-0.4, -0.2) is 35.0 Å². The second-order valence-corrected chi connectivity index (χ2v) is 6.86. The first-order valence-corrected chi connectivity index (χ1v) is 9.27. The highest BCUT2D eigenvalue weighted by Gasteiger charge is 2.30. The summed E-state index contributed by atoms with van der Waals surface area (Å²) in [4.78, 5) is 23.8. The van der Waals surface area contributed by atoms with Crippen LogP contribution in [0.2, 0.25) is 0 Å². The molecule has 2 N–H and O–H groups in total. The summed E-state index contributed by atoms with van der Waals surface area (Å²) in [7, 11) is 0. The number of benzene rings is 2. The number of hydrogen-bond acceptors (Lipinski definition) is 6. The molecule has 3 aromatic rings. The number of aromatic nitrogens is 1. The van der Waals surface area contributed by atoms with Crippen LogP contribution < -0.4 is 5.32 Å². The highest BCUT2D eigenvalue weighted by molar-refractivity contribution is 5.81. The molecule has 1 amide bonds. The Morgan fingerprint density at radius 1 is 1.17 bits per heavy atom. The standard InChI is InChI=1S/C22H17N3O5/c23-11-13-9-14(30-25-13)10-20(21(26)27)24-22(28)29-12-19-17-7-3-1-5-15(17)16-6-2-4-8-18(16)19/h1-9,19-20H,10,12H2,(H,24,28)(H,26,27). The first-order chi connectivity index (χ1) is 14.6. The zero-order valence-corrected chi connectivity index (χ0v) is 15.7. The Kier molecular flexibility index (Phi) is 5.18. The third kappa shape index (κ3) is 3.73. The van der Waals surface area contributed by atoms with Crippen molar-refractivity contribution in [2.75, 3.05) is 6.61 Å². The summed E-state index contributed by atoms with van der Waals surface area (Å²) < 4.78 is 10.3. The molecule has 0 spiro atoms. The minimum Gasteiger partial charge on any atom is -0.480 e. The summed E-state index contributed by atoms with van der Waals surface area (Å²) in [6.07, 6.45) is -1.00. The van der Waals surface area contributed by atoms with Crippen molar-refractivity contribution in [2.45, 2.75) is 18.4 Å². The lowest BCUT2D eigenvalue weighted by Gasteiger charge is -2.17. The molecule has 1 unspecified atom stereocenters. The molecule has 1 aromatic heterocycles. The number of carbonyl (C=O) groups excluding carboxylic acids is 1. The summed E-state index contributed by atoms with van der Waals surface area (Å²) in [5.74, 6) is -1.20. The van der Waals surface area contributed by atoms with Gasteiger partial charge in [0.05, 0.1) is 0 Å². The molecule has 1 aliphatic rings. The SMILES string of the molecule is N#Cc1cc(CC(NC(=O)OCC2c3ccccc3-c3ccccc32)C(=O)O)on1. The third-order valence-corrected chi connectivity index (χ3v) is 5.01. The van der Waals surface area contributed by atoms with E-state index in [2.05, 4.69) is 10.5 Å². The number of amides is 1. The maximum atomic E-state index is 12.3. The number of ether oxygens (including phenoxy) is 1. The van der Waals surface area contributed by atoms with E-state index in [1.165, 1.54) is 6.07 Å². The predicted molar refractivity (Wildman–Crippen MR) is 105 cm³/mol. The number of carbonyl (C=O) groups is 2. The van der Waals surface area contributed by atoms with Crippen molar-refractivity contribution in [1.29, 1.82) is 5.26 Å². The van der Waals surface area contributed by atoms with Gasteiger partial charge in [-0.3, -0.25) is 0 Å². The van der Waals surface area contributed by atoms with Crippen LogP contribution in [0.5, 0.6) is 0 Å². The molecule has 1 atom stereocenters. The molecule has 0 saturated heterocycles. The highest BCUT2D eigenvalue weighted by atomic mass is 16.5. The van der Waals surface area contributed by atoms with Gasteiger partial charge in [-0.2, -0.15) is 5.26 Å². The van der Waals surface area contributed by atoms with Crippen molar-refractivity contribution >= 4 is 12.1 Å². The highest BCUT2D eigenvalue weighted by Crippen LogP contribution is 2.44. The predicted octanol–water partition coefficient (Wildman–Crippen LogP) is 3.08. The van der Waals surface area contributed by atoms with E-state index in [9.17, 15) is 14.7 Å². The maximum absolute atomic E-state index is 12.3. The quantitative estimate of drug-likeness (QED) is 0.648. The van der Waals surface area contributed by atoms with Gasteiger partial charge in [0, 0.05) is 18.4 Å². The van der Waals surface area contributed by atoms with E-state index in [0.717, 1.165) is 22.3 Å². The lowest BCUT2D eigenvalue weighted by molar-refractivity contribution is -0.139. The topological polar surface area (TPSA) is 125 Å². The summed E-state index contributed by atoms with van der Waals surface area (Å²) >= 11 is 0. The van der Waals surface area contributed by atoms with Crippen molar-refractivity contribution < 1.29 is 24.0 Å². The molecule has 4 rings (SSSR count). The minimum atomic E-state index is -1.28. The number of nitrogens with one attached hydrogen (secondary N) is 1. The molecule has 0 aliphatic heterocycles. The van der Waals surface area contributed by atoms with Gasteiger partial charge in [0.1, 0.15) is 24.5 Å². The van der Waals surface area contributed by atoms with Crippen LogP contribution in [0.4, 0.5) is 4.79 Å². The van der Waals surface area contributed by atoms with E-state index in [4.69, 9.17) is 14.5 Å². The van der Waals surface area contributed by atoms with E-state index >= 15 is 0 Å². The Morgan fingerprint density at radius 2 is 1.80 bits per heavy atom. The lowest BCUT2D eigenvalue weighted by atomic mass is 9.98. The fourth-order valence-electron chi connectivity index (χ4n) is 3.65. The first-order valence-electron chi connectivity index (χ1n) is 9.27. The molecular formula is C22H17N3O5. The zero-order chi connectivity index (χ0) is 21.1. The molecule has 0 bridgehead atoms. The van der Waals surface area contributed by atoms with E-state index < -0.39 is 18.1 Å². The Bertz CT molecular complexity index is 1100. The second kappa shape index (κ2) is 8.09. The fraction of sp³-hybridized carbons (Fsp3) is 0.182. The van der Waals surface area contributed by atoms with Crippen LogP contribution >= 0.6 is 0 Å². The van der Waals surface area contributed by atoms with Crippen LogP contribution in [0.3, 0.4) is 0 Å². The molecule has 150 valence electrons. The van der Waals surface area contributed by atoms with Crippen molar-refractivity contribution in [3.8, 4) is 17.2 Å². The number of hydrogen-bond donors (Lipinski definition) is 2. The second-order valence-electron chi connectivity index (χ2n) is 6.86. The molecule has 0 saturated carbocycles. The van der Waals surface area contributed by atoms with Crippen molar-refractivity contribution in [2.24, 2.45) is 0 Å². The van der Waals surface area contributed by atoms with Gasteiger partial charge in [0.25, 0.3) is 0 Å². The molecule has 30 heavy (non-hydrogen) atoms. The Hall–Kier alpha value is -4.12. The van der Waals surface area contributed by atoms with Crippen LogP contribution in [0.25, 0.3) is 11.1 Å². The summed E-state index contributed by atoms with van der Waals surface area (Å²) in [6.45, 7) is 0.0765. The van der Waals surface area contributed by atoms with E-state index in [1.54, 1.807) is 6.07 Å². The number of rotatable bonds is 6. The van der Waals surface area contributed by atoms with Gasteiger partial charge in [0.2, 0.25) is 0 Å². The molecule has 8 nitrogen and oxygen atoms in total. The first kappa shape index (κ1) is 19.2. The lowest BCUT2D eigenvalue weighted by Crippen LogP contribution is -2.42. The molecule has 1 aliphatic carbocycles. The van der Waals surface area contributed by atoms with Crippen LogP contribution in [0.15, 0.2) is 59.1 Å². The average molecular weight is 403 g/mol. The number of alkyl carbamates (subject to hydrolysis) is 1. The summed E-state index contributed by atoms with van der Waals surface area (Å²) in [5.41, 5.74) is 4.36. The largest absolute Gasteiger partial charge is 0.480 e. The van der Waals surface area contributed by atoms with Gasteiger partial charge in [0.15, 0.2) is 5.69 Å². The van der Waals surface area contributed by atoms with Gasteiger partial charge in [-0.15, -0.1) is 0 Å². The zero-order valence-electron chi connectivity index (χ0n) is 15.7. The molecular weight excluding hydrogens is 386 g/mol. The third-order valence-electron chi connectivity index (χ3n) is 5.01. The Labute approximate surface area is 171 Å². The number of aliphatic carboxylic acids is 1. The molecule has 0 fully saturated rings. The Balaban J connectivity index is 1.43. The van der Waals surface area contributed by atoms with Crippen molar-refractivity contribution in [3.63, 3.8) is 0 Å². The van der Waals surface area contributed by atoms with Gasteiger partial charge in [-0.25, -0.2) is 9.59 Å². The van der Waals surface area contributed by atoms with E-state index in [0.29, 0.717) is 0 Å². The monoisotopic (exact) mass is 403 g/mol. The number of fused-ring (bicyclic) bond motifs is 3. The van der Waals surface area contributed by atoms with E-state index in [-0.39, 0.29) is 30.4 Å². The summed E-state index contributed by atoms with van der Waals surface area (Å²) in [6, 6.07) is 17.7. The van der Waals surface area contributed by atoms with Crippen molar-refractivity contribution in [3.05, 3.63) is 77.2 Å². The maximum Gasteiger partial charge on any atom is 0.407 e. The van der Waals surface area contributed by atoms with Crippen molar-refractivity contribution in [1.82, 2.24) is 10.5 Å². The smallest absolute Gasteiger partial charge is 0.407 e. The Morgan fingerprint density at radius 3 is 2.37 bits per heavy atom. The van der Waals surface area contributed by atoms with Crippen LogP contribution in [0.1, 0.15) is 28.5 Å².